The zero-order valence-corrected chi connectivity index (χ0v) is 17.5. The number of piperidine rings is 1. The van der Waals surface area contributed by atoms with E-state index < -0.39 is 23.7 Å². The molecule has 31 heavy (non-hydrogen) atoms. The highest BCUT2D eigenvalue weighted by molar-refractivity contribution is 5.80. The number of hydrogen-bond donors (Lipinski definition) is 1. The Morgan fingerprint density at radius 1 is 1.23 bits per heavy atom. The molecule has 1 aliphatic carbocycles. The topological polar surface area (TPSA) is 72.6 Å². The molecule has 1 heterocycles. The van der Waals surface area contributed by atoms with Crippen molar-refractivity contribution in [2.24, 2.45) is 23.5 Å². The van der Waals surface area contributed by atoms with Crippen molar-refractivity contribution in [1.29, 1.82) is 0 Å². The standard InChI is InChI=1S/C22H28F4N2O3/c1-13(31-19-4-3-17(23)12-18(19)22(24,25)26)15-6-8-28(9-7-15)21(30)16-10-14(11-16)2-5-20(27)29/h3-4,12-16H,2,5-11H2,1H3,(H2,27,29). The number of likely N-dealkylation sites (tertiary alicyclic amines) is 1. The number of rotatable bonds is 7. The molecule has 1 unspecified atom stereocenters. The number of alkyl halides is 3. The SMILES string of the molecule is CC(Oc1ccc(F)cc1C(F)(F)F)C1CCN(C(=O)C2CC(CCC(N)=O)C2)CC1. The van der Waals surface area contributed by atoms with Crippen molar-refractivity contribution in [3.8, 4) is 5.75 Å². The van der Waals surface area contributed by atoms with E-state index in [1.54, 1.807) is 6.92 Å². The van der Waals surface area contributed by atoms with Gasteiger partial charge in [-0.25, -0.2) is 4.39 Å². The van der Waals surface area contributed by atoms with Crippen LogP contribution in [0.4, 0.5) is 17.6 Å². The monoisotopic (exact) mass is 444 g/mol. The van der Waals surface area contributed by atoms with Crippen LogP contribution in [0.5, 0.6) is 5.75 Å². The van der Waals surface area contributed by atoms with Crippen molar-refractivity contribution >= 4 is 11.8 Å². The minimum atomic E-state index is -4.70. The number of ether oxygens (including phenoxy) is 1. The molecule has 0 aromatic heterocycles. The van der Waals surface area contributed by atoms with Gasteiger partial charge in [-0.05, 0) is 69.1 Å². The molecule has 1 saturated heterocycles. The first-order chi connectivity index (χ1) is 14.5. The third-order valence-electron chi connectivity index (χ3n) is 6.46. The number of nitrogens with two attached hydrogens (primary N) is 1. The highest BCUT2D eigenvalue weighted by Gasteiger charge is 2.39. The minimum Gasteiger partial charge on any atom is -0.490 e. The van der Waals surface area contributed by atoms with Crippen LogP contribution in [-0.4, -0.2) is 35.9 Å². The minimum absolute atomic E-state index is 0.0000997. The van der Waals surface area contributed by atoms with E-state index in [9.17, 15) is 27.2 Å². The molecule has 2 N–H and O–H groups in total. The summed E-state index contributed by atoms with van der Waals surface area (Å²) in [5.74, 6) is -1.21. The van der Waals surface area contributed by atoms with Gasteiger partial charge in [0.05, 0.1) is 6.10 Å². The van der Waals surface area contributed by atoms with E-state index in [1.807, 2.05) is 4.90 Å². The second kappa shape index (κ2) is 9.44. The molecule has 0 radical (unpaired) electrons. The zero-order chi connectivity index (χ0) is 22.8. The molecule has 0 spiro atoms. The summed E-state index contributed by atoms with van der Waals surface area (Å²) in [6.45, 7) is 2.78. The average Bonchev–Trinajstić information content (AvgIpc) is 2.67. The largest absolute Gasteiger partial charge is 0.490 e. The zero-order valence-electron chi connectivity index (χ0n) is 17.5. The van der Waals surface area contributed by atoms with E-state index in [0.717, 1.165) is 31.4 Å². The van der Waals surface area contributed by atoms with Crippen LogP contribution >= 0.6 is 0 Å². The lowest BCUT2D eigenvalue weighted by molar-refractivity contribution is -0.143. The summed E-state index contributed by atoms with van der Waals surface area (Å²) in [6.07, 6.45) is -1.32. The van der Waals surface area contributed by atoms with Gasteiger partial charge in [0.15, 0.2) is 0 Å². The molecule has 1 saturated carbocycles. The van der Waals surface area contributed by atoms with Gasteiger partial charge in [0.1, 0.15) is 17.1 Å². The van der Waals surface area contributed by atoms with Crippen molar-refractivity contribution in [3.63, 3.8) is 0 Å². The maximum atomic E-state index is 13.3. The number of carbonyl (C=O) groups is 2. The van der Waals surface area contributed by atoms with E-state index in [0.29, 0.717) is 44.3 Å². The second-order valence-electron chi connectivity index (χ2n) is 8.66. The van der Waals surface area contributed by atoms with Gasteiger partial charge in [0.2, 0.25) is 11.8 Å². The van der Waals surface area contributed by atoms with Crippen molar-refractivity contribution in [2.45, 2.75) is 57.7 Å². The Labute approximate surface area is 178 Å². The van der Waals surface area contributed by atoms with Gasteiger partial charge in [0, 0.05) is 25.4 Å². The molecular weight excluding hydrogens is 416 g/mol. The summed E-state index contributed by atoms with van der Waals surface area (Å²) < 4.78 is 58.4. The molecular formula is C22H28F4N2O3. The Hall–Kier alpha value is -2.32. The van der Waals surface area contributed by atoms with Crippen molar-refractivity contribution < 1.29 is 31.9 Å². The van der Waals surface area contributed by atoms with Crippen LogP contribution in [0.25, 0.3) is 0 Å². The van der Waals surface area contributed by atoms with E-state index >= 15 is 0 Å². The van der Waals surface area contributed by atoms with Gasteiger partial charge in [-0.1, -0.05) is 0 Å². The molecule has 2 aliphatic rings. The fourth-order valence-electron chi connectivity index (χ4n) is 4.49. The lowest BCUT2D eigenvalue weighted by atomic mass is 9.72. The van der Waals surface area contributed by atoms with Crippen LogP contribution in [0.3, 0.4) is 0 Å². The summed E-state index contributed by atoms with van der Waals surface area (Å²) >= 11 is 0. The van der Waals surface area contributed by atoms with Crippen LogP contribution in [-0.2, 0) is 15.8 Å². The van der Waals surface area contributed by atoms with E-state index in [-0.39, 0.29) is 29.4 Å². The van der Waals surface area contributed by atoms with Gasteiger partial charge in [-0.2, -0.15) is 13.2 Å². The van der Waals surface area contributed by atoms with Crippen LogP contribution in [0.2, 0.25) is 0 Å². The number of primary amides is 1. The lowest BCUT2D eigenvalue weighted by Gasteiger charge is -2.41. The van der Waals surface area contributed by atoms with Crippen LogP contribution in [0.15, 0.2) is 18.2 Å². The maximum absolute atomic E-state index is 13.3. The lowest BCUT2D eigenvalue weighted by Crippen LogP contribution is -2.47. The summed E-state index contributed by atoms with van der Waals surface area (Å²) in [7, 11) is 0. The molecule has 9 heteroatoms. The maximum Gasteiger partial charge on any atom is 0.420 e. The summed E-state index contributed by atoms with van der Waals surface area (Å²) in [4.78, 5) is 25.3. The number of nitrogens with zero attached hydrogens (tertiary/aromatic N) is 1. The van der Waals surface area contributed by atoms with Crippen molar-refractivity contribution in [2.75, 3.05) is 13.1 Å². The highest BCUT2D eigenvalue weighted by atomic mass is 19.4. The molecule has 2 fully saturated rings. The smallest absolute Gasteiger partial charge is 0.420 e. The molecule has 3 rings (SSSR count). The number of halogens is 4. The Morgan fingerprint density at radius 3 is 2.45 bits per heavy atom. The normalized spacial score (nSPS) is 23.2. The van der Waals surface area contributed by atoms with Crippen molar-refractivity contribution in [1.82, 2.24) is 4.90 Å². The number of benzene rings is 1. The third kappa shape index (κ3) is 5.89. The van der Waals surface area contributed by atoms with E-state index in [2.05, 4.69) is 0 Å². The molecule has 172 valence electrons. The number of hydrogen-bond acceptors (Lipinski definition) is 3. The first kappa shape index (κ1) is 23.3. The summed E-state index contributed by atoms with van der Waals surface area (Å²) in [5, 5.41) is 0. The molecule has 2 amide bonds. The molecule has 1 aromatic carbocycles. The number of amides is 2. The average molecular weight is 444 g/mol. The Kier molecular flexibility index (Phi) is 7.11. The third-order valence-corrected chi connectivity index (χ3v) is 6.46. The Bertz CT molecular complexity index is 800. The van der Waals surface area contributed by atoms with Gasteiger partial charge >= 0.3 is 6.18 Å². The highest BCUT2D eigenvalue weighted by Crippen LogP contribution is 2.40. The summed E-state index contributed by atoms with van der Waals surface area (Å²) in [6, 6.07) is 2.41. The molecule has 1 aromatic rings. The van der Waals surface area contributed by atoms with E-state index in [1.165, 1.54) is 0 Å². The van der Waals surface area contributed by atoms with Gasteiger partial charge < -0.3 is 15.4 Å². The first-order valence-electron chi connectivity index (χ1n) is 10.6. The number of carbonyl (C=O) groups excluding carboxylic acids is 2. The quantitative estimate of drug-likeness (QED) is 0.643. The van der Waals surface area contributed by atoms with Crippen LogP contribution in [0, 0.1) is 23.6 Å². The van der Waals surface area contributed by atoms with Crippen LogP contribution < -0.4 is 10.5 Å². The van der Waals surface area contributed by atoms with Crippen LogP contribution in [0.1, 0.15) is 51.0 Å². The van der Waals surface area contributed by atoms with Crippen molar-refractivity contribution in [3.05, 3.63) is 29.6 Å². The second-order valence-corrected chi connectivity index (χ2v) is 8.66. The Morgan fingerprint density at radius 2 is 1.87 bits per heavy atom. The van der Waals surface area contributed by atoms with Gasteiger partial charge in [-0.3, -0.25) is 9.59 Å². The molecule has 0 bridgehead atoms. The fourth-order valence-corrected chi connectivity index (χ4v) is 4.49. The predicted octanol–water partition coefficient (Wildman–Crippen LogP) is 4.14. The molecule has 1 atom stereocenters. The molecule has 5 nitrogen and oxygen atoms in total. The van der Waals surface area contributed by atoms with Gasteiger partial charge in [0.25, 0.3) is 0 Å². The molecule has 1 aliphatic heterocycles. The van der Waals surface area contributed by atoms with E-state index in [4.69, 9.17) is 10.5 Å². The first-order valence-corrected chi connectivity index (χ1v) is 10.6. The van der Waals surface area contributed by atoms with Gasteiger partial charge in [-0.15, -0.1) is 0 Å². The Balaban J connectivity index is 1.48. The summed E-state index contributed by atoms with van der Waals surface area (Å²) in [5.41, 5.74) is 4.03. The predicted molar refractivity (Wildman–Crippen MR) is 105 cm³/mol. The fraction of sp³-hybridized carbons (Fsp3) is 0.636.